The summed E-state index contributed by atoms with van der Waals surface area (Å²) in [5.74, 6) is 0.0505. The molecule has 0 saturated carbocycles. The van der Waals surface area contributed by atoms with Crippen LogP contribution in [0, 0.1) is 0 Å². The van der Waals surface area contributed by atoms with Gasteiger partial charge in [0.15, 0.2) is 5.58 Å². The molecule has 3 heteroatoms. The van der Waals surface area contributed by atoms with E-state index in [0.717, 1.165) is 16.4 Å². The molecular formula is C11H7NO2. The maximum absolute atomic E-state index is 9.63. The van der Waals surface area contributed by atoms with Crippen molar-refractivity contribution in [1.82, 2.24) is 4.98 Å². The first kappa shape index (κ1) is 7.38. The lowest BCUT2D eigenvalue weighted by Crippen LogP contribution is -1.79. The third kappa shape index (κ3) is 0.836. The Kier molecular flexibility index (Phi) is 1.31. The van der Waals surface area contributed by atoms with E-state index in [0.29, 0.717) is 5.52 Å². The standard InChI is InChI=1S/C11H7NO2/c13-11-8-4-2-1-3-7(8)10-9(12-11)5-6-14-10/h1-6H,(H,12,13). The molecule has 68 valence electrons. The molecule has 2 heterocycles. The first-order valence-corrected chi connectivity index (χ1v) is 4.31. The summed E-state index contributed by atoms with van der Waals surface area (Å²) in [7, 11) is 0. The van der Waals surface area contributed by atoms with Crippen molar-refractivity contribution in [2.24, 2.45) is 0 Å². The quantitative estimate of drug-likeness (QED) is 0.585. The summed E-state index contributed by atoms with van der Waals surface area (Å²) in [6, 6.07) is 9.23. The predicted octanol–water partition coefficient (Wildman–Crippen LogP) is 2.69. The monoisotopic (exact) mass is 185 g/mol. The van der Waals surface area contributed by atoms with Crippen LogP contribution in [-0.2, 0) is 0 Å². The minimum absolute atomic E-state index is 0.0505. The molecule has 2 aromatic heterocycles. The van der Waals surface area contributed by atoms with Gasteiger partial charge in [0.05, 0.1) is 6.26 Å². The van der Waals surface area contributed by atoms with Crippen LogP contribution in [-0.4, -0.2) is 10.1 Å². The van der Waals surface area contributed by atoms with Crippen LogP contribution in [0.4, 0.5) is 0 Å². The minimum Gasteiger partial charge on any atom is -0.493 e. The highest BCUT2D eigenvalue weighted by atomic mass is 16.3. The van der Waals surface area contributed by atoms with Crippen molar-refractivity contribution in [3.63, 3.8) is 0 Å². The topological polar surface area (TPSA) is 46.3 Å². The second-order valence-corrected chi connectivity index (χ2v) is 3.12. The van der Waals surface area contributed by atoms with Gasteiger partial charge in [0.2, 0.25) is 5.88 Å². The summed E-state index contributed by atoms with van der Waals surface area (Å²) in [5, 5.41) is 11.2. The van der Waals surface area contributed by atoms with Gasteiger partial charge in [-0.05, 0) is 6.07 Å². The minimum atomic E-state index is 0.0505. The van der Waals surface area contributed by atoms with Crippen LogP contribution in [0.3, 0.4) is 0 Å². The molecule has 0 amide bonds. The predicted molar refractivity (Wildman–Crippen MR) is 53.2 cm³/mol. The summed E-state index contributed by atoms with van der Waals surface area (Å²) >= 11 is 0. The van der Waals surface area contributed by atoms with Crippen molar-refractivity contribution < 1.29 is 9.52 Å². The molecule has 0 aliphatic rings. The average Bonchev–Trinajstić information content (AvgIpc) is 2.66. The molecule has 3 aromatic rings. The largest absolute Gasteiger partial charge is 0.493 e. The Labute approximate surface area is 79.6 Å². The number of hydrogen-bond donors (Lipinski definition) is 1. The van der Waals surface area contributed by atoms with E-state index in [4.69, 9.17) is 4.42 Å². The normalized spacial score (nSPS) is 11.1. The fourth-order valence-electron chi connectivity index (χ4n) is 1.64. The number of rotatable bonds is 0. The smallest absolute Gasteiger partial charge is 0.219 e. The molecule has 0 spiro atoms. The number of pyridine rings is 1. The van der Waals surface area contributed by atoms with Gasteiger partial charge in [-0.25, -0.2) is 4.98 Å². The van der Waals surface area contributed by atoms with E-state index in [1.807, 2.05) is 24.3 Å². The van der Waals surface area contributed by atoms with Gasteiger partial charge in [-0.2, -0.15) is 0 Å². The number of hydrogen-bond acceptors (Lipinski definition) is 3. The van der Waals surface area contributed by atoms with Crippen LogP contribution >= 0.6 is 0 Å². The van der Waals surface area contributed by atoms with Crippen molar-refractivity contribution in [2.45, 2.75) is 0 Å². The third-order valence-corrected chi connectivity index (χ3v) is 2.28. The molecule has 1 N–H and O–H groups in total. The van der Waals surface area contributed by atoms with Gasteiger partial charge >= 0.3 is 0 Å². The lowest BCUT2D eigenvalue weighted by atomic mass is 10.1. The molecule has 0 unspecified atom stereocenters. The third-order valence-electron chi connectivity index (χ3n) is 2.28. The molecule has 3 rings (SSSR count). The van der Waals surface area contributed by atoms with E-state index < -0.39 is 0 Å². The summed E-state index contributed by atoms with van der Waals surface area (Å²) in [6.45, 7) is 0. The highest BCUT2D eigenvalue weighted by Gasteiger charge is 2.08. The Bertz CT molecular complexity index is 613. The zero-order valence-electron chi connectivity index (χ0n) is 7.27. The van der Waals surface area contributed by atoms with Gasteiger partial charge in [0, 0.05) is 16.8 Å². The molecule has 0 atom stereocenters. The van der Waals surface area contributed by atoms with E-state index in [2.05, 4.69) is 4.98 Å². The molecule has 0 saturated heterocycles. The van der Waals surface area contributed by atoms with Crippen LogP contribution in [0.1, 0.15) is 0 Å². The summed E-state index contributed by atoms with van der Waals surface area (Å²) in [4.78, 5) is 4.03. The van der Waals surface area contributed by atoms with Crippen molar-refractivity contribution in [1.29, 1.82) is 0 Å². The lowest BCUT2D eigenvalue weighted by molar-refractivity contribution is 0.462. The van der Waals surface area contributed by atoms with Crippen molar-refractivity contribution in [2.75, 3.05) is 0 Å². The highest BCUT2D eigenvalue weighted by molar-refractivity contribution is 6.04. The number of furan rings is 1. The maximum atomic E-state index is 9.63. The van der Waals surface area contributed by atoms with E-state index in [1.165, 1.54) is 0 Å². The Hall–Kier alpha value is -2.03. The number of benzene rings is 1. The Morgan fingerprint density at radius 1 is 1.07 bits per heavy atom. The van der Waals surface area contributed by atoms with Gasteiger partial charge in [-0.1, -0.05) is 18.2 Å². The maximum Gasteiger partial charge on any atom is 0.219 e. The van der Waals surface area contributed by atoms with Crippen LogP contribution in [0.5, 0.6) is 5.88 Å². The number of aromatic hydroxyl groups is 1. The second-order valence-electron chi connectivity index (χ2n) is 3.12. The average molecular weight is 185 g/mol. The van der Waals surface area contributed by atoms with Gasteiger partial charge in [-0.15, -0.1) is 0 Å². The summed E-state index contributed by atoms with van der Waals surface area (Å²) in [5.41, 5.74) is 1.40. The fourth-order valence-corrected chi connectivity index (χ4v) is 1.64. The first-order chi connectivity index (χ1) is 6.86. The van der Waals surface area contributed by atoms with Crippen molar-refractivity contribution >= 4 is 21.9 Å². The SMILES string of the molecule is Oc1nc2ccoc2c2ccccc12. The summed E-state index contributed by atoms with van der Waals surface area (Å²) < 4.78 is 5.31. The van der Waals surface area contributed by atoms with Crippen LogP contribution < -0.4 is 0 Å². The molecule has 0 fully saturated rings. The Balaban J connectivity index is 2.67. The molecule has 0 radical (unpaired) electrons. The number of nitrogens with zero attached hydrogens (tertiary/aromatic N) is 1. The molecule has 1 aromatic carbocycles. The Morgan fingerprint density at radius 2 is 1.86 bits per heavy atom. The summed E-state index contributed by atoms with van der Waals surface area (Å²) in [6.07, 6.45) is 1.57. The van der Waals surface area contributed by atoms with Crippen molar-refractivity contribution in [3.8, 4) is 5.88 Å². The van der Waals surface area contributed by atoms with Crippen LogP contribution in [0.2, 0.25) is 0 Å². The molecule has 0 bridgehead atoms. The van der Waals surface area contributed by atoms with Gasteiger partial charge in [0.25, 0.3) is 0 Å². The molecule has 3 nitrogen and oxygen atoms in total. The number of fused-ring (bicyclic) bond motifs is 3. The zero-order valence-corrected chi connectivity index (χ0v) is 7.27. The van der Waals surface area contributed by atoms with Gasteiger partial charge < -0.3 is 9.52 Å². The van der Waals surface area contributed by atoms with Crippen LogP contribution in [0.25, 0.3) is 21.9 Å². The second kappa shape index (κ2) is 2.48. The van der Waals surface area contributed by atoms with E-state index in [-0.39, 0.29) is 5.88 Å². The van der Waals surface area contributed by atoms with E-state index >= 15 is 0 Å². The number of aromatic nitrogens is 1. The first-order valence-electron chi connectivity index (χ1n) is 4.31. The van der Waals surface area contributed by atoms with Crippen LogP contribution in [0.15, 0.2) is 41.0 Å². The fraction of sp³-hybridized carbons (Fsp3) is 0. The molecule has 0 aliphatic carbocycles. The van der Waals surface area contributed by atoms with Crippen molar-refractivity contribution in [3.05, 3.63) is 36.6 Å². The highest BCUT2D eigenvalue weighted by Crippen LogP contribution is 2.29. The van der Waals surface area contributed by atoms with E-state index in [1.54, 1.807) is 12.3 Å². The molecule has 14 heavy (non-hydrogen) atoms. The lowest BCUT2D eigenvalue weighted by Gasteiger charge is -1.99. The van der Waals surface area contributed by atoms with Gasteiger partial charge in [0.1, 0.15) is 5.52 Å². The zero-order chi connectivity index (χ0) is 9.54. The molecule has 0 aliphatic heterocycles. The van der Waals surface area contributed by atoms with E-state index in [9.17, 15) is 5.11 Å². The van der Waals surface area contributed by atoms with Gasteiger partial charge in [-0.3, -0.25) is 0 Å². The molecular weight excluding hydrogens is 178 g/mol. The Morgan fingerprint density at radius 3 is 2.71 bits per heavy atom.